The van der Waals surface area contributed by atoms with Gasteiger partial charge in [-0.15, -0.1) is 0 Å². The Morgan fingerprint density at radius 2 is 2.00 bits per heavy atom. The molecule has 0 saturated carbocycles. The molecule has 4 heterocycles. The third-order valence-electron chi connectivity index (χ3n) is 7.26. The molecule has 186 valence electrons. The number of alkyl halides is 3. The lowest BCUT2D eigenvalue weighted by Crippen LogP contribution is -2.41. The van der Waals surface area contributed by atoms with E-state index in [0.29, 0.717) is 17.1 Å². The molecule has 35 heavy (non-hydrogen) atoms. The second kappa shape index (κ2) is 8.78. The number of nitrogens with zero attached hydrogens (tertiary/aromatic N) is 4. The fourth-order valence-electron chi connectivity index (χ4n) is 5.17. The molecule has 0 aliphatic carbocycles. The van der Waals surface area contributed by atoms with Gasteiger partial charge in [0.1, 0.15) is 12.1 Å². The molecule has 0 bridgehead atoms. The topological polar surface area (TPSA) is 74.6 Å². The quantitative estimate of drug-likeness (QED) is 0.542. The zero-order chi connectivity index (χ0) is 24.8. The first-order chi connectivity index (χ1) is 16.7. The number of anilines is 1. The Hall–Kier alpha value is -3.21. The SMILES string of the molecule is C[C@@H](NC(=O)c1cc(N2CCC3(CCNC3)CC2)c2ncnn2c1)c1cccc(C(F)(F)F)c1F. The van der Waals surface area contributed by atoms with Crippen LogP contribution in [0.1, 0.15) is 53.7 Å². The summed E-state index contributed by atoms with van der Waals surface area (Å²) in [6.45, 7) is 5.15. The summed E-state index contributed by atoms with van der Waals surface area (Å²) < 4.78 is 55.4. The molecule has 1 amide bonds. The van der Waals surface area contributed by atoms with E-state index in [4.69, 9.17) is 0 Å². The zero-order valence-corrected chi connectivity index (χ0v) is 19.2. The maximum Gasteiger partial charge on any atom is 0.419 e. The predicted octanol–water partition coefficient (Wildman–Crippen LogP) is 3.96. The summed E-state index contributed by atoms with van der Waals surface area (Å²) in [6.07, 6.45) is 1.33. The molecule has 2 N–H and O–H groups in total. The summed E-state index contributed by atoms with van der Waals surface area (Å²) in [4.78, 5) is 19.6. The van der Waals surface area contributed by atoms with Crippen molar-refractivity contribution < 1.29 is 22.4 Å². The normalized spacial score (nSPS) is 18.8. The van der Waals surface area contributed by atoms with Crippen LogP contribution < -0.4 is 15.5 Å². The summed E-state index contributed by atoms with van der Waals surface area (Å²) in [5.41, 5.74) is 0.386. The van der Waals surface area contributed by atoms with Crippen molar-refractivity contribution in [1.29, 1.82) is 0 Å². The van der Waals surface area contributed by atoms with E-state index in [1.165, 1.54) is 30.0 Å². The van der Waals surface area contributed by atoms with Crippen LogP contribution in [0.15, 0.2) is 36.8 Å². The molecule has 0 unspecified atom stereocenters. The Morgan fingerprint density at radius 3 is 2.69 bits per heavy atom. The van der Waals surface area contributed by atoms with Crippen LogP contribution in [0.5, 0.6) is 0 Å². The van der Waals surface area contributed by atoms with Gasteiger partial charge in [0, 0.05) is 31.4 Å². The summed E-state index contributed by atoms with van der Waals surface area (Å²) in [5.74, 6) is -1.93. The van der Waals surface area contributed by atoms with E-state index < -0.39 is 29.5 Å². The van der Waals surface area contributed by atoms with Crippen LogP contribution in [0.2, 0.25) is 0 Å². The highest BCUT2D eigenvalue weighted by molar-refractivity contribution is 5.96. The Kier molecular flexibility index (Phi) is 5.90. The molecule has 2 aromatic heterocycles. The molecule has 11 heteroatoms. The van der Waals surface area contributed by atoms with Crippen LogP contribution in [-0.2, 0) is 6.18 Å². The van der Waals surface area contributed by atoms with Gasteiger partial charge in [0.25, 0.3) is 5.91 Å². The third-order valence-corrected chi connectivity index (χ3v) is 7.26. The van der Waals surface area contributed by atoms with Crippen LogP contribution in [0.3, 0.4) is 0 Å². The minimum Gasteiger partial charge on any atom is -0.368 e. The molecule has 2 aliphatic heterocycles. The number of rotatable bonds is 4. The van der Waals surface area contributed by atoms with Crippen molar-refractivity contribution in [3.63, 3.8) is 0 Å². The average Bonchev–Trinajstić information content (AvgIpc) is 3.48. The fraction of sp³-hybridized carbons (Fsp3) is 0.458. The molecule has 5 rings (SSSR count). The molecule has 1 atom stereocenters. The van der Waals surface area contributed by atoms with Gasteiger partial charge in [0.15, 0.2) is 5.65 Å². The van der Waals surface area contributed by atoms with Crippen LogP contribution in [0, 0.1) is 11.2 Å². The minimum atomic E-state index is -4.82. The third kappa shape index (κ3) is 4.44. The molecule has 0 radical (unpaired) electrons. The maximum absolute atomic E-state index is 14.6. The lowest BCUT2D eigenvalue weighted by atomic mass is 9.78. The van der Waals surface area contributed by atoms with Crippen molar-refractivity contribution in [3.05, 3.63) is 59.3 Å². The van der Waals surface area contributed by atoms with Gasteiger partial charge in [-0.2, -0.15) is 18.3 Å². The molecule has 2 aliphatic rings. The summed E-state index contributed by atoms with van der Waals surface area (Å²) in [7, 11) is 0. The van der Waals surface area contributed by atoms with Gasteiger partial charge in [-0.05, 0) is 50.3 Å². The van der Waals surface area contributed by atoms with Gasteiger partial charge >= 0.3 is 6.18 Å². The number of hydrogen-bond donors (Lipinski definition) is 2. The van der Waals surface area contributed by atoms with Gasteiger partial charge in [-0.3, -0.25) is 4.79 Å². The molecular formula is C24H26F4N6O. The molecule has 2 fully saturated rings. The van der Waals surface area contributed by atoms with Crippen LogP contribution >= 0.6 is 0 Å². The number of amides is 1. The fourth-order valence-corrected chi connectivity index (χ4v) is 5.17. The molecular weight excluding hydrogens is 464 g/mol. The number of fused-ring (bicyclic) bond motifs is 1. The van der Waals surface area contributed by atoms with Crippen LogP contribution in [0.25, 0.3) is 5.65 Å². The highest BCUT2D eigenvalue weighted by Gasteiger charge is 2.38. The standard InChI is InChI=1S/C24H26F4N6O/c1-15(17-3-2-4-18(20(17)25)24(26,27)28)32-22(35)16-11-19(21-30-14-31-34(21)12-16)33-9-6-23(7-10-33)5-8-29-13-23/h2-4,11-12,14-15,29H,5-10,13H2,1H3,(H,32,35)/t15-/m1/s1. The van der Waals surface area contributed by atoms with Crippen molar-refractivity contribution in [2.45, 2.75) is 38.4 Å². The lowest BCUT2D eigenvalue weighted by Gasteiger charge is -2.40. The van der Waals surface area contributed by atoms with E-state index in [-0.39, 0.29) is 11.1 Å². The van der Waals surface area contributed by atoms with E-state index in [1.54, 1.807) is 6.07 Å². The first kappa shape index (κ1) is 23.5. The lowest BCUT2D eigenvalue weighted by molar-refractivity contribution is -0.140. The number of nitrogens with one attached hydrogen (secondary N) is 2. The van der Waals surface area contributed by atoms with E-state index in [9.17, 15) is 22.4 Å². The van der Waals surface area contributed by atoms with Crippen molar-refractivity contribution in [3.8, 4) is 0 Å². The van der Waals surface area contributed by atoms with Gasteiger partial charge in [-0.25, -0.2) is 13.9 Å². The first-order valence-electron chi connectivity index (χ1n) is 11.6. The monoisotopic (exact) mass is 490 g/mol. The van der Waals surface area contributed by atoms with E-state index in [1.807, 2.05) is 0 Å². The predicted molar refractivity (Wildman–Crippen MR) is 122 cm³/mol. The molecule has 2 saturated heterocycles. The number of carbonyl (C=O) groups is 1. The number of piperidine rings is 1. The zero-order valence-electron chi connectivity index (χ0n) is 19.2. The number of halogens is 4. The number of benzene rings is 1. The highest BCUT2D eigenvalue weighted by atomic mass is 19.4. The van der Waals surface area contributed by atoms with Gasteiger partial charge < -0.3 is 15.5 Å². The Labute approximate surface area is 199 Å². The highest BCUT2D eigenvalue weighted by Crippen LogP contribution is 2.39. The Balaban J connectivity index is 1.38. The molecule has 1 spiro atoms. The largest absolute Gasteiger partial charge is 0.419 e. The molecule has 7 nitrogen and oxygen atoms in total. The van der Waals surface area contributed by atoms with Gasteiger partial charge in [-0.1, -0.05) is 12.1 Å². The minimum absolute atomic E-state index is 0.235. The smallest absolute Gasteiger partial charge is 0.368 e. The second-order valence-corrected chi connectivity index (χ2v) is 9.46. The van der Waals surface area contributed by atoms with Crippen molar-refractivity contribution in [2.75, 3.05) is 31.1 Å². The summed E-state index contributed by atoms with van der Waals surface area (Å²) in [6, 6.07) is 3.79. The van der Waals surface area contributed by atoms with E-state index >= 15 is 0 Å². The van der Waals surface area contributed by atoms with Crippen molar-refractivity contribution >= 4 is 17.2 Å². The van der Waals surface area contributed by atoms with E-state index in [2.05, 4.69) is 25.6 Å². The maximum atomic E-state index is 14.6. The van der Waals surface area contributed by atoms with Gasteiger partial charge in [0.2, 0.25) is 0 Å². The van der Waals surface area contributed by atoms with Crippen LogP contribution in [0.4, 0.5) is 23.2 Å². The Bertz CT molecular complexity index is 1240. The second-order valence-electron chi connectivity index (χ2n) is 9.46. The number of aromatic nitrogens is 3. The first-order valence-corrected chi connectivity index (χ1v) is 11.6. The average molecular weight is 491 g/mol. The van der Waals surface area contributed by atoms with Crippen molar-refractivity contribution in [2.24, 2.45) is 5.41 Å². The summed E-state index contributed by atoms with van der Waals surface area (Å²) >= 11 is 0. The van der Waals surface area contributed by atoms with Crippen molar-refractivity contribution in [1.82, 2.24) is 25.2 Å². The van der Waals surface area contributed by atoms with Crippen LogP contribution in [-0.4, -0.2) is 46.7 Å². The summed E-state index contributed by atoms with van der Waals surface area (Å²) in [5, 5.41) is 10.3. The number of pyridine rings is 1. The van der Waals surface area contributed by atoms with E-state index in [0.717, 1.165) is 57.2 Å². The Morgan fingerprint density at radius 1 is 1.23 bits per heavy atom. The molecule has 3 aromatic rings. The number of hydrogen-bond acceptors (Lipinski definition) is 5. The number of carbonyl (C=O) groups excluding carboxylic acids is 1. The molecule has 1 aromatic carbocycles. The van der Waals surface area contributed by atoms with Gasteiger partial charge in [0.05, 0.1) is 22.9 Å².